The average Bonchev–Trinajstić information content (AvgIpc) is 2.66. The molecule has 146 valence electrons. The Morgan fingerprint density at radius 2 is 1.93 bits per heavy atom. The fourth-order valence-electron chi connectivity index (χ4n) is 3.01. The molecular formula is C22H25N3O3. The van der Waals surface area contributed by atoms with Crippen LogP contribution < -0.4 is 15.6 Å². The van der Waals surface area contributed by atoms with Crippen LogP contribution in [0.4, 0.5) is 0 Å². The molecule has 3 rings (SSSR count). The topological polar surface area (TPSA) is 84.1 Å². The van der Waals surface area contributed by atoms with Gasteiger partial charge in [-0.3, -0.25) is 9.59 Å². The zero-order chi connectivity index (χ0) is 20.1. The quantitative estimate of drug-likeness (QED) is 0.658. The molecule has 0 saturated carbocycles. The minimum atomic E-state index is -0.184. The van der Waals surface area contributed by atoms with E-state index in [4.69, 9.17) is 4.74 Å². The van der Waals surface area contributed by atoms with E-state index >= 15 is 0 Å². The van der Waals surface area contributed by atoms with Gasteiger partial charge in [0.05, 0.1) is 23.0 Å². The van der Waals surface area contributed by atoms with Crippen molar-refractivity contribution in [3.8, 4) is 5.75 Å². The molecule has 0 aliphatic carbocycles. The van der Waals surface area contributed by atoms with Crippen molar-refractivity contribution >= 4 is 16.8 Å². The van der Waals surface area contributed by atoms with Crippen molar-refractivity contribution in [2.45, 2.75) is 45.8 Å². The molecule has 1 heterocycles. The molecule has 3 aromatic rings. The summed E-state index contributed by atoms with van der Waals surface area (Å²) < 4.78 is 5.71. The Bertz CT molecular complexity index is 1030. The van der Waals surface area contributed by atoms with Gasteiger partial charge in [-0.1, -0.05) is 24.3 Å². The number of hydrogen-bond donors (Lipinski definition) is 2. The third-order valence-corrected chi connectivity index (χ3v) is 4.36. The van der Waals surface area contributed by atoms with Crippen LogP contribution in [-0.2, 0) is 11.2 Å². The van der Waals surface area contributed by atoms with Gasteiger partial charge in [0.2, 0.25) is 5.91 Å². The molecule has 2 aromatic carbocycles. The van der Waals surface area contributed by atoms with Crippen molar-refractivity contribution in [1.82, 2.24) is 15.3 Å². The molecule has 6 nitrogen and oxygen atoms in total. The Hall–Kier alpha value is -3.15. The van der Waals surface area contributed by atoms with E-state index in [2.05, 4.69) is 15.3 Å². The number of aromatic amines is 1. The van der Waals surface area contributed by atoms with Crippen molar-refractivity contribution in [3.05, 3.63) is 70.3 Å². The molecule has 1 aromatic heterocycles. The van der Waals surface area contributed by atoms with E-state index in [-0.39, 0.29) is 30.0 Å². The summed E-state index contributed by atoms with van der Waals surface area (Å²) in [6.07, 6.45) is 0.708. The van der Waals surface area contributed by atoms with Crippen LogP contribution in [-0.4, -0.2) is 22.0 Å². The van der Waals surface area contributed by atoms with Crippen LogP contribution in [0.5, 0.6) is 5.75 Å². The first-order valence-corrected chi connectivity index (χ1v) is 9.46. The molecule has 0 saturated heterocycles. The van der Waals surface area contributed by atoms with Crippen molar-refractivity contribution in [2.75, 3.05) is 0 Å². The molecule has 2 N–H and O–H groups in total. The summed E-state index contributed by atoms with van der Waals surface area (Å²) in [4.78, 5) is 31.6. The average molecular weight is 379 g/mol. The lowest BCUT2D eigenvalue weighted by Gasteiger charge is -2.16. The molecule has 0 bridgehead atoms. The van der Waals surface area contributed by atoms with Gasteiger partial charge in [-0.2, -0.15) is 0 Å². The summed E-state index contributed by atoms with van der Waals surface area (Å²) in [7, 11) is 0. The molecule has 0 unspecified atom stereocenters. The normalized spacial score (nSPS) is 12.1. The Balaban J connectivity index is 1.60. The van der Waals surface area contributed by atoms with E-state index < -0.39 is 0 Å². The van der Waals surface area contributed by atoms with Crippen molar-refractivity contribution in [1.29, 1.82) is 0 Å². The van der Waals surface area contributed by atoms with E-state index in [1.165, 1.54) is 0 Å². The number of aryl methyl sites for hydroxylation is 1. The van der Waals surface area contributed by atoms with E-state index in [0.29, 0.717) is 23.1 Å². The number of benzene rings is 2. The highest BCUT2D eigenvalue weighted by molar-refractivity contribution is 5.78. The lowest BCUT2D eigenvalue weighted by atomic mass is 10.1. The third-order valence-electron chi connectivity index (χ3n) is 4.36. The number of aromatic nitrogens is 2. The molecule has 0 aliphatic heterocycles. The van der Waals surface area contributed by atoms with E-state index in [1.54, 1.807) is 18.2 Å². The number of nitrogens with one attached hydrogen (secondary N) is 2. The van der Waals surface area contributed by atoms with Crippen LogP contribution in [0.3, 0.4) is 0 Å². The third kappa shape index (κ3) is 4.97. The largest absolute Gasteiger partial charge is 0.491 e. The number of rotatable bonds is 7. The summed E-state index contributed by atoms with van der Waals surface area (Å²) in [5.41, 5.74) is 1.43. The second kappa shape index (κ2) is 8.69. The zero-order valence-corrected chi connectivity index (χ0v) is 16.4. The summed E-state index contributed by atoms with van der Waals surface area (Å²) in [6, 6.07) is 14.7. The first-order valence-electron chi connectivity index (χ1n) is 9.46. The predicted molar refractivity (Wildman–Crippen MR) is 109 cm³/mol. The van der Waals surface area contributed by atoms with Gasteiger partial charge in [-0.25, -0.2) is 4.98 Å². The number of hydrogen-bond acceptors (Lipinski definition) is 4. The first kappa shape index (κ1) is 19.6. The van der Waals surface area contributed by atoms with Gasteiger partial charge in [0.25, 0.3) is 5.56 Å². The summed E-state index contributed by atoms with van der Waals surface area (Å²) in [6.45, 7) is 5.88. The van der Waals surface area contributed by atoms with Gasteiger partial charge < -0.3 is 15.0 Å². The maximum absolute atomic E-state index is 12.3. The number of carbonyl (C=O) groups is 1. The number of ether oxygens (including phenoxy) is 1. The summed E-state index contributed by atoms with van der Waals surface area (Å²) >= 11 is 0. The molecule has 1 atom stereocenters. The number of H-pyrrole nitrogens is 1. The molecule has 0 aliphatic rings. The summed E-state index contributed by atoms with van der Waals surface area (Å²) in [5.74, 6) is 1.20. The first-order chi connectivity index (χ1) is 13.4. The molecule has 1 amide bonds. The SMILES string of the molecule is CC(C)Oc1cccc([C@@H](C)NC(=O)CCc2nc3ccccc3c(=O)[nH]2)c1. The second-order valence-corrected chi connectivity index (χ2v) is 7.06. The standard InChI is InChI=1S/C22H25N3O3/c1-14(2)28-17-8-6-7-16(13-17)15(3)23-21(26)12-11-20-24-19-10-5-4-9-18(19)22(27)25-20/h4-10,13-15H,11-12H2,1-3H3,(H,23,26)(H,24,25,27)/t15-/m1/s1. The summed E-state index contributed by atoms with van der Waals surface area (Å²) in [5, 5.41) is 3.53. The van der Waals surface area contributed by atoms with Crippen molar-refractivity contribution in [2.24, 2.45) is 0 Å². The number of fused-ring (bicyclic) bond motifs is 1. The highest BCUT2D eigenvalue weighted by atomic mass is 16.5. The van der Waals surface area contributed by atoms with Gasteiger partial charge in [-0.15, -0.1) is 0 Å². The number of carbonyl (C=O) groups excluding carboxylic acids is 1. The van der Waals surface area contributed by atoms with Gasteiger partial charge in [-0.05, 0) is 50.6 Å². The van der Waals surface area contributed by atoms with Gasteiger partial charge in [0.1, 0.15) is 11.6 Å². The second-order valence-electron chi connectivity index (χ2n) is 7.06. The van der Waals surface area contributed by atoms with Crippen LogP contribution in [0, 0.1) is 0 Å². The zero-order valence-electron chi connectivity index (χ0n) is 16.4. The monoisotopic (exact) mass is 379 g/mol. The number of nitrogens with zero attached hydrogens (tertiary/aromatic N) is 1. The Kier molecular flexibility index (Phi) is 6.09. The van der Waals surface area contributed by atoms with Crippen LogP contribution in [0.2, 0.25) is 0 Å². The van der Waals surface area contributed by atoms with Crippen LogP contribution in [0.25, 0.3) is 10.9 Å². The molecule has 0 spiro atoms. The van der Waals surface area contributed by atoms with E-state index in [0.717, 1.165) is 11.3 Å². The van der Waals surface area contributed by atoms with Crippen LogP contribution in [0.1, 0.15) is 44.6 Å². The minimum Gasteiger partial charge on any atom is -0.491 e. The predicted octanol–water partition coefficient (Wildman–Crippen LogP) is 3.52. The van der Waals surface area contributed by atoms with Gasteiger partial charge in [0.15, 0.2) is 0 Å². The molecule has 0 fully saturated rings. The van der Waals surface area contributed by atoms with Crippen LogP contribution >= 0.6 is 0 Å². The maximum Gasteiger partial charge on any atom is 0.258 e. The highest BCUT2D eigenvalue weighted by Gasteiger charge is 2.12. The van der Waals surface area contributed by atoms with E-state index in [9.17, 15) is 9.59 Å². The minimum absolute atomic E-state index is 0.0942. The fraction of sp³-hybridized carbons (Fsp3) is 0.318. The lowest BCUT2D eigenvalue weighted by Crippen LogP contribution is -2.27. The Morgan fingerprint density at radius 1 is 1.14 bits per heavy atom. The van der Waals surface area contributed by atoms with Gasteiger partial charge >= 0.3 is 0 Å². The van der Waals surface area contributed by atoms with Crippen molar-refractivity contribution < 1.29 is 9.53 Å². The van der Waals surface area contributed by atoms with Crippen LogP contribution in [0.15, 0.2) is 53.3 Å². The fourth-order valence-corrected chi connectivity index (χ4v) is 3.01. The Labute approximate surface area is 164 Å². The Morgan fingerprint density at radius 3 is 2.71 bits per heavy atom. The molecular weight excluding hydrogens is 354 g/mol. The number of para-hydroxylation sites is 1. The molecule has 6 heteroatoms. The lowest BCUT2D eigenvalue weighted by molar-refractivity contribution is -0.121. The number of amides is 1. The van der Waals surface area contributed by atoms with E-state index in [1.807, 2.05) is 51.1 Å². The van der Waals surface area contributed by atoms with Gasteiger partial charge in [0, 0.05) is 12.8 Å². The van der Waals surface area contributed by atoms with Crippen molar-refractivity contribution in [3.63, 3.8) is 0 Å². The molecule has 0 radical (unpaired) electrons. The highest BCUT2D eigenvalue weighted by Crippen LogP contribution is 2.20. The maximum atomic E-state index is 12.3. The smallest absolute Gasteiger partial charge is 0.258 e. The molecule has 28 heavy (non-hydrogen) atoms.